The smallest absolute Gasteiger partial charge is 0.320 e. The Morgan fingerprint density at radius 3 is 2.34 bits per heavy atom. The largest absolute Gasteiger partial charge is 0.490 e. The molecule has 35 heavy (non-hydrogen) atoms. The highest BCUT2D eigenvalue weighted by molar-refractivity contribution is 5.96. The molecule has 4 aliphatic carbocycles. The van der Waals surface area contributed by atoms with Crippen molar-refractivity contribution in [2.24, 2.45) is 17.8 Å². The molecule has 4 bridgehead atoms. The Labute approximate surface area is 205 Å². The molecule has 1 aromatic carbocycles. The van der Waals surface area contributed by atoms with Crippen molar-refractivity contribution in [3.8, 4) is 11.5 Å². The molecule has 4 fully saturated rings. The first kappa shape index (κ1) is 23.6. The molecule has 1 heterocycles. The van der Waals surface area contributed by atoms with Gasteiger partial charge in [0.1, 0.15) is 6.20 Å². The lowest BCUT2D eigenvalue weighted by molar-refractivity contribution is -0.385. The predicted molar refractivity (Wildman–Crippen MR) is 130 cm³/mol. The molecule has 0 radical (unpaired) electrons. The van der Waals surface area contributed by atoms with Crippen molar-refractivity contribution in [3.63, 3.8) is 0 Å². The third-order valence-corrected chi connectivity index (χ3v) is 7.91. The second-order valence-electron chi connectivity index (χ2n) is 10.4. The van der Waals surface area contributed by atoms with Crippen LogP contribution in [0, 0.1) is 27.9 Å². The molecule has 0 aliphatic heterocycles. The van der Waals surface area contributed by atoms with Crippen molar-refractivity contribution in [3.05, 3.63) is 45.8 Å². The number of carbonyl (C=O) groups excluding carboxylic acids is 1. The summed E-state index contributed by atoms with van der Waals surface area (Å²) in [6.07, 6.45) is 8.91. The number of amides is 1. The summed E-state index contributed by atoms with van der Waals surface area (Å²) in [6.45, 7) is 5.24. The van der Waals surface area contributed by atoms with Crippen LogP contribution in [0.1, 0.15) is 68.4 Å². The van der Waals surface area contributed by atoms with Crippen LogP contribution in [0.25, 0.3) is 0 Å². The van der Waals surface area contributed by atoms with Crippen molar-refractivity contribution in [2.45, 2.75) is 64.3 Å². The number of hydrogen-bond acceptors (Lipinski definition) is 6. The van der Waals surface area contributed by atoms with Gasteiger partial charge < -0.3 is 14.8 Å². The van der Waals surface area contributed by atoms with Crippen LogP contribution in [0.4, 0.5) is 5.69 Å². The van der Waals surface area contributed by atoms with Gasteiger partial charge in [-0.1, -0.05) is 6.07 Å². The van der Waals surface area contributed by atoms with Crippen molar-refractivity contribution in [2.75, 3.05) is 19.8 Å². The number of nitrogens with one attached hydrogen (secondary N) is 1. The molecule has 0 unspecified atom stereocenters. The minimum Gasteiger partial charge on any atom is -0.490 e. The number of rotatable bonds is 10. The fraction of sp³-hybridized carbons (Fsp3) is 0.615. The second-order valence-corrected chi connectivity index (χ2v) is 10.4. The van der Waals surface area contributed by atoms with Crippen LogP contribution in [0.15, 0.2) is 24.4 Å². The van der Waals surface area contributed by atoms with E-state index in [-0.39, 0.29) is 16.9 Å². The molecule has 4 saturated carbocycles. The highest BCUT2D eigenvalue weighted by atomic mass is 16.6. The first-order valence-electron chi connectivity index (χ1n) is 12.8. The van der Waals surface area contributed by atoms with Crippen LogP contribution < -0.4 is 14.8 Å². The zero-order chi connectivity index (χ0) is 24.6. The average Bonchev–Trinajstić information content (AvgIpc) is 3.27. The van der Waals surface area contributed by atoms with E-state index in [0.717, 1.165) is 24.8 Å². The molecular formula is C26H34N4O5. The average molecular weight is 483 g/mol. The number of nitrogens with zero attached hydrogens (tertiary/aromatic N) is 3. The zero-order valence-corrected chi connectivity index (χ0v) is 20.5. The lowest BCUT2D eigenvalue weighted by Gasteiger charge is -2.56. The van der Waals surface area contributed by atoms with Gasteiger partial charge in [-0.05, 0) is 94.2 Å². The number of aromatic nitrogens is 2. The molecule has 1 amide bonds. The van der Waals surface area contributed by atoms with E-state index in [9.17, 15) is 14.9 Å². The minimum absolute atomic E-state index is 0.0903. The van der Waals surface area contributed by atoms with E-state index in [2.05, 4.69) is 10.4 Å². The quantitative estimate of drug-likeness (QED) is 0.395. The third kappa shape index (κ3) is 4.60. The van der Waals surface area contributed by atoms with Crippen molar-refractivity contribution in [1.29, 1.82) is 0 Å². The summed E-state index contributed by atoms with van der Waals surface area (Å²) in [4.78, 5) is 24.3. The first-order valence-corrected chi connectivity index (χ1v) is 12.8. The number of nitro groups is 1. The van der Waals surface area contributed by atoms with Crippen LogP contribution in [-0.4, -0.2) is 40.4 Å². The summed E-state index contributed by atoms with van der Waals surface area (Å²) in [5.41, 5.74) is 0.506. The van der Waals surface area contributed by atoms with E-state index >= 15 is 0 Å². The Hall–Kier alpha value is -3.10. The molecule has 0 atom stereocenters. The van der Waals surface area contributed by atoms with Gasteiger partial charge in [0, 0.05) is 6.54 Å². The standard InChI is InChI=1S/C26H34N4O5/c1-3-34-22-6-5-17(12-23(22)35-4-2)7-8-27-25(31)24-21(30(32)33)16-29(28-24)26-13-18-9-19(14-26)11-20(10-18)15-26/h5-6,12,16,18-20H,3-4,7-11,13-15H2,1-2H3,(H,27,31). The number of benzene rings is 1. The molecule has 2 aromatic rings. The number of carbonyl (C=O) groups is 1. The van der Waals surface area contributed by atoms with Gasteiger partial charge in [-0.2, -0.15) is 5.10 Å². The summed E-state index contributed by atoms with van der Waals surface area (Å²) in [6, 6.07) is 5.71. The Kier molecular flexibility index (Phi) is 6.42. The fourth-order valence-electron chi connectivity index (χ4n) is 6.90. The van der Waals surface area contributed by atoms with E-state index in [1.807, 2.05) is 32.0 Å². The van der Waals surface area contributed by atoms with Crippen LogP contribution in [0.5, 0.6) is 11.5 Å². The summed E-state index contributed by atoms with van der Waals surface area (Å²) in [5.74, 6) is 2.89. The van der Waals surface area contributed by atoms with Gasteiger partial charge in [0.25, 0.3) is 5.91 Å². The van der Waals surface area contributed by atoms with Gasteiger partial charge >= 0.3 is 5.69 Å². The van der Waals surface area contributed by atoms with Gasteiger partial charge in [-0.15, -0.1) is 0 Å². The van der Waals surface area contributed by atoms with E-state index in [0.29, 0.717) is 55.4 Å². The summed E-state index contributed by atoms with van der Waals surface area (Å²) < 4.78 is 13.1. The maximum Gasteiger partial charge on any atom is 0.320 e. The van der Waals surface area contributed by atoms with Crippen LogP contribution in [-0.2, 0) is 12.0 Å². The second kappa shape index (κ2) is 9.51. The summed E-state index contributed by atoms with van der Waals surface area (Å²) >= 11 is 0. The highest BCUT2D eigenvalue weighted by Crippen LogP contribution is 2.58. The topological polar surface area (TPSA) is 109 Å². The van der Waals surface area contributed by atoms with Crippen LogP contribution >= 0.6 is 0 Å². The molecule has 4 aliphatic rings. The summed E-state index contributed by atoms with van der Waals surface area (Å²) in [5, 5.41) is 19.2. The van der Waals surface area contributed by atoms with E-state index < -0.39 is 10.8 Å². The Morgan fingerprint density at radius 1 is 1.11 bits per heavy atom. The van der Waals surface area contributed by atoms with Crippen molar-refractivity contribution < 1.29 is 19.2 Å². The fourth-order valence-corrected chi connectivity index (χ4v) is 6.90. The Bertz CT molecular complexity index is 1080. The third-order valence-electron chi connectivity index (χ3n) is 7.91. The predicted octanol–water partition coefficient (Wildman–Crippen LogP) is 4.49. The maximum atomic E-state index is 13.0. The normalized spacial score (nSPS) is 26.5. The van der Waals surface area contributed by atoms with Gasteiger partial charge in [0.05, 0.1) is 23.7 Å². The van der Waals surface area contributed by atoms with Crippen LogP contribution in [0.3, 0.4) is 0 Å². The summed E-state index contributed by atoms with van der Waals surface area (Å²) in [7, 11) is 0. The molecule has 9 heteroatoms. The van der Waals surface area contributed by atoms with Crippen molar-refractivity contribution >= 4 is 11.6 Å². The molecular weight excluding hydrogens is 448 g/mol. The maximum absolute atomic E-state index is 13.0. The van der Waals surface area contributed by atoms with Crippen LogP contribution in [0.2, 0.25) is 0 Å². The molecule has 1 N–H and O–H groups in total. The number of ether oxygens (including phenoxy) is 2. The molecule has 0 saturated heterocycles. The zero-order valence-electron chi connectivity index (χ0n) is 20.5. The molecule has 188 valence electrons. The molecule has 0 spiro atoms. The van der Waals surface area contributed by atoms with Gasteiger partial charge in [-0.25, -0.2) is 0 Å². The lowest BCUT2D eigenvalue weighted by Crippen LogP contribution is -2.52. The Balaban J connectivity index is 1.28. The van der Waals surface area contributed by atoms with E-state index in [4.69, 9.17) is 9.47 Å². The lowest BCUT2D eigenvalue weighted by atomic mass is 9.53. The van der Waals surface area contributed by atoms with Crippen molar-refractivity contribution in [1.82, 2.24) is 15.1 Å². The first-order chi connectivity index (χ1) is 16.9. The van der Waals surface area contributed by atoms with E-state index in [1.165, 1.54) is 25.5 Å². The SMILES string of the molecule is CCOc1ccc(CCNC(=O)c2nn(C34CC5CC(CC(C5)C3)C4)cc2[N+](=O)[O-])cc1OCC. The number of hydrogen-bond donors (Lipinski definition) is 1. The molecule has 6 rings (SSSR count). The van der Waals surface area contributed by atoms with Gasteiger partial charge in [0.2, 0.25) is 5.69 Å². The molecule has 9 nitrogen and oxygen atoms in total. The Morgan fingerprint density at radius 2 is 1.74 bits per heavy atom. The van der Waals surface area contributed by atoms with E-state index in [1.54, 1.807) is 4.68 Å². The van der Waals surface area contributed by atoms with Gasteiger partial charge in [0.15, 0.2) is 11.5 Å². The highest BCUT2D eigenvalue weighted by Gasteiger charge is 2.53. The minimum atomic E-state index is -0.504. The monoisotopic (exact) mass is 482 g/mol. The van der Waals surface area contributed by atoms with Gasteiger partial charge in [-0.3, -0.25) is 19.6 Å². The molecule has 1 aromatic heterocycles.